The monoisotopic (exact) mass is 270 g/mol. The number of halogens is 3. The predicted octanol–water partition coefficient (Wildman–Crippen LogP) is 1.34. The highest BCUT2D eigenvalue weighted by atomic mass is 19.2. The van der Waals surface area contributed by atoms with Crippen LogP contribution in [0.15, 0.2) is 18.3 Å². The second-order valence-corrected chi connectivity index (χ2v) is 3.75. The van der Waals surface area contributed by atoms with Crippen LogP contribution in [0.4, 0.5) is 19.0 Å². The Labute approximate surface area is 105 Å². The molecule has 0 bridgehead atoms. The third-order valence-electron chi connectivity index (χ3n) is 2.44. The molecule has 1 amide bonds. The smallest absolute Gasteiger partial charge is 0.251 e. The molecule has 2 rings (SSSR count). The molecular weight excluding hydrogens is 261 g/mol. The molecule has 8 heteroatoms. The van der Waals surface area contributed by atoms with E-state index in [-0.39, 0.29) is 17.9 Å². The molecule has 0 atom stereocenters. The number of hydrogen-bond acceptors (Lipinski definition) is 3. The van der Waals surface area contributed by atoms with E-state index in [1.807, 2.05) is 0 Å². The molecule has 19 heavy (non-hydrogen) atoms. The lowest BCUT2D eigenvalue weighted by Crippen LogP contribution is -2.23. The van der Waals surface area contributed by atoms with Crippen LogP contribution in [-0.2, 0) is 6.54 Å². The number of carbonyl (C=O) groups is 1. The van der Waals surface area contributed by atoms with Gasteiger partial charge in [-0.25, -0.2) is 13.2 Å². The molecule has 0 aliphatic heterocycles. The number of nitrogens with zero attached hydrogens (tertiary/aromatic N) is 1. The molecule has 5 nitrogen and oxygen atoms in total. The maximum Gasteiger partial charge on any atom is 0.251 e. The number of nitrogen functional groups attached to an aromatic ring is 1. The van der Waals surface area contributed by atoms with Crippen molar-refractivity contribution >= 4 is 11.7 Å². The summed E-state index contributed by atoms with van der Waals surface area (Å²) >= 11 is 0. The molecule has 0 unspecified atom stereocenters. The van der Waals surface area contributed by atoms with Crippen LogP contribution >= 0.6 is 0 Å². The first kappa shape index (κ1) is 12.9. The van der Waals surface area contributed by atoms with E-state index in [0.29, 0.717) is 17.7 Å². The van der Waals surface area contributed by atoms with Gasteiger partial charge >= 0.3 is 0 Å². The third-order valence-corrected chi connectivity index (χ3v) is 2.44. The van der Waals surface area contributed by atoms with Crippen molar-refractivity contribution in [1.82, 2.24) is 15.5 Å². The average molecular weight is 270 g/mol. The van der Waals surface area contributed by atoms with Gasteiger partial charge in [-0.3, -0.25) is 9.89 Å². The van der Waals surface area contributed by atoms with Crippen LogP contribution < -0.4 is 11.1 Å². The summed E-state index contributed by atoms with van der Waals surface area (Å²) < 4.78 is 38.6. The van der Waals surface area contributed by atoms with Gasteiger partial charge in [-0.15, -0.1) is 0 Å². The summed E-state index contributed by atoms with van der Waals surface area (Å²) in [5, 5.41) is 8.49. The molecular formula is C11H9F3N4O. The summed E-state index contributed by atoms with van der Waals surface area (Å²) in [7, 11) is 0. The lowest BCUT2D eigenvalue weighted by molar-refractivity contribution is 0.0950. The number of aromatic amines is 1. The second-order valence-electron chi connectivity index (χ2n) is 3.75. The highest BCUT2D eigenvalue weighted by Crippen LogP contribution is 2.14. The van der Waals surface area contributed by atoms with E-state index in [1.165, 1.54) is 6.20 Å². The van der Waals surface area contributed by atoms with Crippen LogP contribution in [0.5, 0.6) is 0 Å². The van der Waals surface area contributed by atoms with Crippen LogP contribution in [0.1, 0.15) is 15.9 Å². The average Bonchev–Trinajstić information content (AvgIpc) is 2.78. The minimum atomic E-state index is -1.62. The number of amides is 1. The summed E-state index contributed by atoms with van der Waals surface area (Å²) in [6, 6.07) is 1.24. The van der Waals surface area contributed by atoms with Crippen molar-refractivity contribution < 1.29 is 18.0 Å². The number of nitrogens with one attached hydrogen (secondary N) is 2. The molecule has 1 heterocycles. The number of aromatic nitrogens is 2. The first-order valence-corrected chi connectivity index (χ1v) is 5.19. The Morgan fingerprint density at radius 2 is 1.95 bits per heavy atom. The molecule has 100 valence electrons. The lowest BCUT2D eigenvalue weighted by atomic mass is 10.2. The Balaban J connectivity index is 2.10. The van der Waals surface area contributed by atoms with Crippen LogP contribution in [0.2, 0.25) is 0 Å². The van der Waals surface area contributed by atoms with Crippen molar-refractivity contribution in [3.8, 4) is 0 Å². The summed E-state index contributed by atoms with van der Waals surface area (Å²) in [6.45, 7) is 0.0295. The van der Waals surface area contributed by atoms with Crippen molar-refractivity contribution in [2.24, 2.45) is 0 Å². The van der Waals surface area contributed by atoms with Gasteiger partial charge in [-0.1, -0.05) is 0 Å². The molecule has 0 saturated heterocycles. The minimum Gasteiger partial charge on any atom is -0.384 e. The lowest BCUT2D eigenvalue weighted by Gasteiger charge is -2.05. The van der Waals surface area contributed by atoms with Gasteiger partial charge in [0.05, 0.1) is 6.20 Å². The molecule has 1 aromatic heterocycles. The van der Waals surface area contributed by atoms with Crippen molar-refractivity contribution in [2.75, 3.05) is 5.73 Å². The molecule has 0 saturated carbocycles. The Bertz CT molecular complexity index is 603. The molecule has 1 aromatic carbocycles. The topological polar surface area (TPSA) is 83.8 Å². The molecule has 0 radical (unpaired) electrons. The maximum absolute atomic E-state index is 12.9. The zero-order valence-corrected chi connectivity index (χ0v) is 9.51. The standard InChI is InChI=1S/C11H9F3N4O/c12-7-1-5(2-8(13)9(7)14)11(19)16-3-6-4-17-18-10(6)15/h1-2,4H,3H2,(H,16,19)(H3,15,17,18). The van der Waals surface area contributed by atoms with Crippen LogP contribution in [0, 0.1) is 17.5 Å². The minimum absolute atomic E-state index is 0.0295. The number of nitrogens with two attached hydrogens (primary N) is 1. The summed E-state index contributed by atoms with van der Waals surface area (Å²) in [5.74, 6) is -4.94. The molecule has 2 aromatic rings. The highest BCUT2D eigenvalue weighted by molar-refractivity contribution is 5.94. The number of H-pyrrole nitrogens is 1. The fourth-order valence-corrected chi connectivity index (χ4v) is 1.43. The third kappa shape index (κ3) is 2.67. The van der Waals surface area contributed by atoms with E-state index in [4.69, 9.17) is 5.73 Å². The van der Waals surface area contributed by atoms with Gasteiger partial charge in [0, 0.05) is 17.7 Å². The van der Waals surface area contributed by atoms with Crippen molar-refractivity contribution in [2.45, 2.75) is 6.54 Å². The van der Waals surface area contributed by atoms with E-state index in [2.05, 4.69) is 15.5 Å². The SMILES string of the molecule is Nc1[nH]ncc1CNC(=O)c1cc(F)c(F)c(F)c1. The van der Waals surface area contributed by atoms with Gasteiger partial charge < -0.3 is 11.1 Å². The highest BCUT2D eigenvalue weighted by Gasteiger charge is 2.15. The van der Waals surface area contributed by atoms with Crippen molar-refractivity contribution in [3.05, 3.63) is 46.9 Å². The van der Waals surface area contributed by atoms with Gasteiger partial charge in [-0.05, 0) is 12.1 Å². The molecule has 4 N–H and O–H groups in total. The van der Waals surface area contributed by atoms with Crippen molar-refractivity contribution in [1.29, 1.82) is 0 Å². The Kier molecular flexibility index (Phi) is 3.41. The predicted molar refractivity (Wildman–Crippen MR) is 60.5 cm³/mol. The van der Waals surface area contributed by atoms with Crippen molar-refractivity contribution in [3.63, 3.8) is 0 Å². The van der Waals surface area contributed by atoms with E-state index in [9.17, 15) is 18.0 Å². The molecule has 0 spiro atoms. The van der Waals surface area contributed by atoms with Crippen LogP contribution in [0.3, 0.4) is 0 Å². The number of benzene rings is 1. The fraction of sp³-hybridized carbons (Fsp3) is 0.0909. The zero-order valence-electron chi connectivity index (χ0n) is 9.51. The van der Waals surface area contributed by atoms with Gasteiger partial charge in [0.25, 0.3) is 5.91 Å². The van der Waals surface area contributed by atoms with Gasteiger partial charge in [0.2, 0.25) is 0 Å². The van der Waals surface area contributed by atoms with Gasteiger partial charge in [-0.2, -0.15) is 5.10 Å². The summed E-state index contributed by atoms with van der Waals surface area (Å²) in [4.78, 5) is 11.6. The number of anilines is 1. The fourth-order valence-electron chi connectivity index (χ4n) is 1.43. The Morgan fingerprint density at radius 3 is 2.47 bits per heavy atom. The number of carbonyl (C=O) groups excluding carboxylic acids is 1. The van der Waals surface area contributed by atoms with Crippen LogP contribution in [-0.4, -0.2) is 16.1 Å². The number of rotatable bonds is 3. The first-order chi connectivity index (χ1) is 8.99. The van der Waals surface area contributed by atoms with Gasteiger partial charge in [0.1, 0.15) is 5.82 Å². The summed E-state index contributed by atoms with van der Waals surface area (Å²) in [5.41, 5.74) is 5.70. The van der Waals surface area contributed by atoms with Crippen LogP contribution in [0.25, 0.3) is 0 Å². The normalized spacial score (nSPS) is 10.5. The molecule has 0 aliphatic rings. The maximum atomic E-state index is 12.9. The largest absolute Gasteiger partial charge is 0.384 e. The Hall–Kier alpha value is -2.51. The first-order valence-electron chi connectivity index (χ1n) is 5.19. The molecule has 0 fully saturated rings. The Morgan fingerprint density at radius 1 is 1.32 bits per heavy atom. The zero-order chi connectivity index (χ0) is 14.0. The van der Waals surface area contributed by atoms with E-state index < -0.39 is 23.4 Å². The van der Waals surface area contributed by atoms with Gasteiger partial charge in [0.15, 0.2) is 17.5 Å². The summed E-state index contributed by atoms with van der Waals surface area (Å²) in [6.07, 6.45) is 1.40. The second kappa shape index (κ2) is 5.01. The molecule has 0 aliphatic carbocycles. The quantitative estimate of drug-likeness (QED) is 0.736. The van der Waals surface area contributed by atoms with E-state index in [1.54, 1.807) is 0 Å². The van der Waals surface area contributed by atoms with E-state index >= 15 is 0 Å². The number of hydrogen-bond donors (Lipinski definition) is 3. The van der Waals surface area contributed by atoms with E-state index in [0.717, 1.165) is 0 Å².